The molecule has 12 aromatic rings. The predicted octanol–water partition coefficient (Wildman–Crippen LogP) is 14.5. The van der Waals surface area contributed by atoms with Crippen LogP contribution in [0.25, 0.3) is 88.9 Å². The Balaban J connectivity index is 1.03. The number of hydrogen-bond donors (Lipinski definition) is 0. The topological polar surface area (TPSA) is 44.9 Å². The van der Waals surface area contributed by atoms with Crippen LogP contribution in [0, 0.1) is 0 Å². The molecular formula is C59H36N4O. The summed E-state index contributed by atoms with van der Waals surface area (Å²) in [6.07, 6.45) is 0. The average molecular weight is 817 g/mol. The molecule has 14 rings (SSSR count). The Hall–Kier alpha value is -8.54. The van der Waals surface area contributed by atoms with Gasteiger partial charge in [-0.05, 0) is 65.7 Å². The van der Waals surface area contributed by atoms with E-state index in [0.717, 1.165) is 72.8 Å². The van der Waals surface area contributed by atoms with Crippen molar-refractivity contribution < 1.29 is 4.74 Å². The molecule has 64 heavy (non-hydrogen) atoms. The Morgan fingerprint density at radius 2 is 0.938 bits per heavy atom. The number of rotatable bonds is 4. The third-order valence-corrected chi connectivity index (χ3v) is 13.6. The molecule has 0 saturated heterocycles. The summed E-state index contributed by atoms with van der Waals surface area (Å²) in [5, 5.41) is 4.80. The summed E-state index contributed by atoms with van der Waals surface area (Å²) in [5.74, 6) is 2.39. The first-order chi connectivity index (χ1) is 31.8. The van der Waals surface area contributed by atoms with Crippen molar-refractivity contribution in [2.75, 3.05) is 0 Å². The number of benzene rings is 9. The molecule has 0 fully saturated rings. The van der Waals surface area contributed by atoms with E-state index in [1.807, 2.05) is 12.1 Å². The van der Waals surface area contributed by atoms with Crippen LogP contribution in [0.2, 0.25) is 0 Å². The molecular weight excluding hydrogens is 781 g/mol. The summed E-state index contributed by atoms with van der Waals surface area (Å²) in [6.45, 7) is 0. The fourth-order valence-corrected chi connectivity index (χ4v) is 10.9. The first kappa shape index (κ1) is 35.1. The zero-order valence-corrected chi connectivity index (χ0v) is 34.5. The van der Waals surface area contributed by atoms with Crippen molar-refractivity contribution in [1.82, 2.24) is 19.1 Å². The second-order valence-electron chi connectivity index (χ2n) is 16.9. The molecule has 1 unspecified atom stereocenters. The number of aromatic nitrogens is 4. The van der Waals surface area contributed by atoms with E-state index >= 15 is 0 Å². The highest BCUT2D eigenvalue weighted by atomic mass is 16.5. The molecule has 5 nitrogen and oxygen atoms in total. The van der Waals surface area contributed by atoms with Gasteiger partial charge in [0.25, 0.3) is 0 Å². The third kappa shape index (κ3) is 4.72. The van der Waals surface area contributed by atoms with E-state index < -0.39 is 5.41 Å². The molecule has 9 aromatic carbocycles. The molecule has 0 saturated carbocycles. The first-order valence-corrected chi connectivity index (χ1v) is 21.8. The maximum Gasteiger partial charge on any atom is 0.160 e. The van der Waals surface area contributed by atoms with Crippen LogP contribution >= 0.6 is 0 Å². The van der Waals surface area contributed by atoms with E-state index in [1.165, 1.54) is 44.0 Å². The Morgan fingerprint density at radius 1 is 0.375 bits per heavy atom. The van der Waals surface area contributed by atoms with Crippen molar-refractivity contribution in [2.45, 2.75) is 5.41 Å². The highest BCUT2D eigenvalue weighted by Crippen LogP contribution is 2.62. The van der Waals surface area contributed by atoms with Crippen molar-refractivity contribution in [3.63, 3.8) is 0 Å². The fourth-order valence-electron chi connectivity index (χ4n) is 10.9. The third-order valence-electron chi connectivity index (χ3n) is 13.6. The van der Waals surface area contributed by atoms with Crippen molar-refractivity contribution >= 4 is 43.6 Å². The lowest BCUT2D eigenvalue weighted by molar-refractivity contribution is 0.438. The van der Waals surface area contributed by atoms with Crippen LogP contribution in [-0.4, -0.2) is 19.1 Å². The van der Waals surface area contributed by atoms with Crippen LogP contribution in [0.4, 0.5) is 0 Å². The van der Waals surface area contributed by atoms with Gasteiger partial charge in [-0.1, -0.05) is 164 Å². The van der Waals surface area contributed by atoms with Gasteiger partial charge in [-0.2, -0.15) is 0 Å². The number of fused-ring (bicyclic) bond motifs is 15. The minimum absolute atomic E-state index is 0.677. The Labute approximate surface area is 368 Å². The van der Waals surface area contributed by atoms with Gasteiger partial charge in [-0.15, -0.1) is 0 Å². The van der Waals surface area contributed by atoms with Gasteiger partial charge in [0, 0.05) is 55.0 Å². The van der Waals surface area contributed by atoms with Crippen LogP contribution < -0.4 is 4.74 Å². The van der Waals surface area contributed by atoms with Crippen molar-refractivity contribution in [3.8, 4) is 56.8 Å². The quantitative estimate of drug-likeness (QED) is 0.178. The Bertz CT molecular complexity index is 3810. The maximum absolute atomic E-state index is 7.32. The van der Waals surface area contributed by atoms with E-state index in [1.54, 1.807) is 0 Å². The molecule has 0 radical (unpaired) electrons. The smallest absolute Gasteiger partial charge is 0.160 e. The van der Waals surface area contributed by atoms with E-state index in [0.29, 0.717) is 5.82 Å². The Kier molecular flexibility index (Phi) is 7.26. The molecule has 5 heterocycles. The second kappa shape index (κ2) is 13.2. The van der Waals surface area contributed by atoms with Gasteiger partial charge in [0.15, 0.2) is 11.6 Å². The highest BCUT2D eigenvalue weighted by Gasteiger charge is 2.51. The van der Waals surface area contributed by atoms with Gasteiger partial charge >= 0.3 is 0 Å². The monoisotopic (exact) mass is 816 g/mol. The fraction of sp³-hybridized carbons (Fsp3) is 0.0169. The van der Waals surface area contributed by atoms with Gasteiger partial charge in [0.2, 0.25) is 0 Å². The lowest BCUT2D eigenvalue weighted by Gasteiger charge is -2.45. The molecule has 1 atom stereocenters. The maximum atomic E-state index is 7.32. The standard InChI is InChI=1S/C59H36N4O/c1-3-16-37(17-4-1)49-36-50(38-18-5-2-6-19-38)61-58(60-49)39-30-32-40(33-31-39)62-51-26-11-7-21-42(51)44-34-35-48-57(56(44)62)64-54-29-14-10-24-46(54)59(48)45-23-9-13-28-53(45)63-52-27-12-8-20-41(52)43-22-15-25-47(59)55(43)63/h1-36H. The average Bonchev–Trinajstić information content (AvgIpc) is 3.90. The number of nitrogens with zero attached hydrogens (tertiary/aromatic N) is 4. The summed E-state index contributed by atoms with van der Waals surface area (Å²) >= 11 is 0. The molecule has 0 N–H and O–H groups in total. The molecule has 2 aliphatic heterocycles. The number of hydrogen-bond acceptors (Lipinski definition) is 3. The molecule has 3 aromatic heterocycles. The lowest BCUT2D eigenvalue weighted by atomic mass is 9.61. The summed E-state index contributed by atoms with van der Waals surface area (Å²) in [7, 11) is 0. The van der Waals surface area contributed by atoms with Crippen LogP contribution in [0.1, 0.15) is 22.3 Å². The van der Waals surface area contributed by atoms with Crippen molar-refractivity contribution in [1.29, 1.82) is 0 Å². The van der Waals surface area contributed by atoms with Crippen LogP contribution in [0.15, 0.2) is 218 Å². The minimum Gasteiger partial charge on any atom is -0.454 e. The van der Waals surface area contributed by atoms with E-state index in [9.17, 15) is 0 Å². The SMILES string of the molecule is c1ccc(-c2cc(-c3ccccc3)nc(-c3ccc(-n4c5ccccc5c5ccc6c(c54)Oc4ccccc4C64c5ccccc5-n5c6ccccc6c6cccc4c65)cc3)n2)cc1. The van der Waals surface area contributed by atoms with Gasteiger partial charge in [-0.25, -0.2) is 9.97 Å². The lowest BCUT2D eigenvalue weighted by Crippen LogP contribution is -2.37. The highest BCUT2D eigenvalue weighted by molar-refractivity contribution is 6.14. The van der Waals surface area contributed by atoms with E-state index in [-0.39, 0.29) is 0 Å². The number of ether oxygens (including phenoxy) is 1. The summed E-state index contributed by atoms with van der Waals surface area (Å²) in [4.78, 5) is 10.3. The van der Waals surface area contributed by atoms with E-state index in [2.05, 4.69) is 215 Å². The van der Waals surface area contributed by atoms with Gasteiger partial charge in [-0.3, -0.25) is 0 Å². The normalized spacial score (nSPS) is 14.8. The molecule has 0 amide bonds. The van der Waals surface area contributed by atoms with Crippen LogP contribution in [-0.2, 0) is 5.41 Å². The first-order valence-electron chi connectivity index (χ1n) is 21.8. The van der Waals surface area contributed by atoms with Gasteiger partial charge in [0.05, 0.1) is 44.6 Å². The summed E-state index contributed by atoms with van der Waals surface area (Å²) < 4.78 is 12.2. The van der Waals surface area contributed by atoms with Crippen LogP contribution in [0.5, 0.6) is 11.5 Å². The minimum atomic E-state index is -0.679. The number of para-hydroxylation sites is 5. The van der Waals surface area contributed by atoms with Gasteiger partial charge < -0.3 is 13.9 Å². The van der Waals surface area contributed by atoms with Gasteiger partial charge in [0.1, 0.15) is 5.75 Å². The van der Waals surface area contributed by atoms with Crippen LogP contribution in [0.3, 0.4) is 0 Å². The second-order valence-corrected chi connectivity index (χ2v) is 16.9. The molecule has 1 spiro atoms. The molecule has 0 aliphatic carbocycles. The predicted molar refractivity (Wildman–Crippen MR) is 259 cm³/mol. The zero-order valence-electron chi connectivity index (χ0n) is 34.5. The van der Waals surface area contributed by atoms with Crippen molar-refractivity contribution in [2.24, 2.45) is 0 Å². The van der Waals surface area contributed by atoms with Crippen molar-refractivity contribution in [3.05, 3.63) is 241 Å². The molecule has 298 valence electrons. The molecule has 2 aliphatic rings. The summed E-state index contributed by atoms with van der Waals surface area (Å²) in [6, 6.07) is 78.1. The zero-order chi connectivity index (χ0) is 41.9. The molecule has 0 bridgehead atoms. The van der Waals surface area contributed by atoms with E-state index in [4.69, 9.17) is 14.7 Å². The largest absolute Gasteiger partial charge is 0.454 e. The molecule has 5 heteroatoms. The Morgan fingerprint density at radius 3 is 1.66 bits per heavy atom. The summed E-state index contributed by atoms with van der Waals surface area (Å²) in [5.41, 5.74) is 15.6.